The molecular formula is C20H18ClN3O6S. The molecule has 1 saturated heterocycles. The molecule has 1 atom stereocenters. The maximum Gasteiger partial charge on any atom is 0.341 e. The highest BCUT2D eigenvalue weighted by Gasteiger charge is 2.37. The zero-order valence-corrected chi connectivity index (χ0v) is 18.2. The zero-order chi connectivity index (χ0) is 22.5. The molecule has 1 aliphatic heterocycles. The topological polar surface area (TPSA) is 115 Å². The standard InChI is InChI=1S/C20H18ClN3O6S/c1-24-17(26)9-15(19(24)27)31-18-12(4-3-7-22-18)20(28)30-10-16(25)23-11-5-6-14(29-2)13(21)8-11/h3-8,15H,9-10H2,1-2H3,(H,23,25). The Kier molecular flexibility index (Phi) is 7.13. The minimum atomic E-state index is -0.774. The van der Waals surface area contributed by atoms with Gasteiger partial charge in [0.1, 0.15) is 10.8 Å². The minimum Gasteiger partial charge on any atom is -0.495 e. The number of benzene rings is 1. The number of likely N-dealkylation sites (tertiary alicyclic amines) is 1. The number of carbonyl (C=O) groups excluding carboxylic acids is 4. The van der Waals surface area contributed by atoms with Crippen LogP contribution in [0.15, 0.2) is 41.6 Å². The van der Waals surface area contributed by atoms with Gasteiger partial charge in [-0.25, -0.2) is 9.78 Å². The summed E-state index contributed by atoms with van der Waals surface area (Å²) in [7, 11) is 2.88. The summed E-state index contributed by atoms with van der Waals surface area (Å²) in [6.45, 7) is -0.537. The predicted octanol–water partition coefficient (Wildman–Crippen LogP) is 2.39. The molecule has 0 bridgehead atoms. The van der Waals surface area contributed by atoms with Crippen molar-refractivity contribution in [2.45, 2.75) is 16.7 Å². The van der Waals surface area contributed by atoms with Gasteiger partial charge in [-0.2, -0.15) is 0 Å². The van der Waals surface area contributed by atoms with Gasteiger partial charge in [-0.3, -0.25) is 19.3 Å². The van der Waals surface area contributed by atoms with Gasteiger partial charge in [-0.05, 0) is 30.3 Å². The van der Waals surface area contributed by atoms with E-state index in [0.29, 0.717) is 16.5 Å². The van der Waals surface area contributed by atoms with Gasteiger partial charge in [-0.1, -0.05) is 23.4 Å². The number of aromatic nitrogens is 1. The van der Waals surface area contributed by atoms with Gasteiger partial charge in [0.05, 0.1) is 22.9 Å². The quantitative estimate of drug-likeness (QED) is 0.491. The molecule has 1 fully saturated rings. The molecule has 1 aliphatic rings. The summed E-state index contributed by atoms with van der Waals surface area (Å²) in [6.07, 6.45) is 1.49. The number of hydrogen-bond donors (Lipinski definition) is 1. The van der Waals surface area contributed by atoms with E-state index in [1.807, 2.05) is 0 Å². The van der Waals surface area contributed by atoms with Crippen LogP contribution in [0.3, 0.4) is 0 Å². The monoisotopic (exact) mass is 463 g/mol. The fourth-order valence-corrected chi connectivity index (χ4v) is 4.15. The first-order chi connectivity index (χ1) is 14.8. The van der Waals surface area contributed by atoms with Crippen LogP contribution in [0.4, 0.5) is 5.69 Å². The van der Waals surface area contributed by atoms with Gasteiger partial charge in [0.15, 0.2) is 6.61 Å². The number of anilines is 1. The van der Waals surface area contributed by atoms with Crippen LogP contribution in [0.2, 0.25) is 5.02 Å². The Labute approximate surface area is 187 Å². The molecule has 0 spiro atoms. The van der Waals surface area contributed by atoms with E-state index >= 15 is 0 Å². The van der Waals surface area contributed by atoms with Crippen LogP contribution in [-0.4, -0.2) is 59.6 Å². The van der Waals surface area contributed by atoms with Gasteiger partial charge < -0.3 is 14.8 Å². The molecule has 9 nitrogen and oxygen atoms in total. The molecular weight excluding hydrogens is 446 g/mol. The Balaban J connectivity index is 1.61. The Hall–Kier alpha value is -3.11. The molecule has 1 N–H and O–H groups in total. The Morgan fingerprint density at radius 1 is 1.32 bits per heavy atom. The molecule has 2 aromatic rings. The predicted molar refractivity (Wildman–Crippen MR) is 113 cm³/mol. The maximum absolute atomic E-state index is 12.5. The number of imide groups is 1. The van der Waals surface area contributed by atoms with Crippen LogP contribution in [-0.2, 0) is 19.1 Å². The fraction of sp³-hybridized carbons (Fsp3) is 0.250. The Bertz CT molecular complexity index is 1050. The second-order valence-corrected chi connectivity index (χ2v) is 8.03. The van der Waals surface area contributed by atoms with E-state index in [-0.39, 0.29) is 28.8 Å². The van der Waals surface area contributed by atoms with E-state index in [1.54, 1.807) is 12.1 Å². The lowest BCUT2D eigenvalue weighted by atomic mass is 10.3. The van der Waals surface area contributed by atoms with E-state index in [4.69, 9.17) is 21.1 Å². The number of amides is 3. The lowest BCUT2D eigenvalue weighted by Crippen LogP contribution is -2.26. The summed E-state index contributed by atoms with van der Waals surface area (Å²) in [5.41, 5.74) is 0.514. The molecule has 3 amide bonds. The lowest BCUT2D eigenvalue weighted by molar-refractivity contribution is -0.136. The zero-order valence-electron chi connectivity index (χ0n) is 16.6. The van der Waals surface area contributed by atoms with Crippen molar-refractivity contribution in [1.29, 1.82) is 0 Å². The molecule has 11 heteroatoms. The second-order valence-electron chi connectivity index (χ2n) is 6.43. The van der Waals surface area contributed by atoms with E-state index in [9.17, 15) is 19.2 Å². The van der Waals surface area contributed by atoms with Crippen LogP contribution in [0.25, 0.3) is 0 Å². The second kappa shape index (κ2) is 9.80. The molecule has 1 aromatic carbocycles. The molecule has 3 rings (SSSR count). The normalized spacial score (nSPS) is 15.7. The number of rotatable bonds is 7. The highest BCUT2D eigenvalue weighted by molar-refractivity contribution is 8.00. The third-order valence-corrected chi connectivity index (χ3v) is 5.85. The number of hydrogen-bond acceptors (Lipinski definition) is 8. The van der Waals surface area contributed by atoms with E-state index in [1.165, 1.54) is 38.6 Å². The number of halogens is 1. The van der Waals surface area contributed by atoms with Crippen LogP contribution >= 0.6 is 23.4 Å². The van der Waals surface area contributed by atoms with Crippen molar-refractivity contribution in [1.82, 2.24) is 9.88 Å². The summed E-state index contributed by atoms with van der Waals surface area (Å²) < 4.78 is 10.1. The molecule has 31 heavy (non-hydrogen) atoms. The average molecular weight is 464 g/mol. The van der Waals surface area contributed by atoms with Gasteiger partial charge >= 0.3 is 5.97 Å². The SMILES string of the molecule is COc1ccc(NC(=O)COC(=O)c2cccnc2SC2CC(=O)N(C)C2=O)cc1Cl. The number of carbonyl (C=O) groups is 4. The number of nitrogens with zero attached hydrogens (tertiary/aromatic N) is 2. The first-order valence-corrected chi connectivity index (χ1v) is 10.3. The largest absolute Gasteiger partial charge is 0.495 e. The molecule has 0 aliphatic carbocycles. The van der Waals surface area contributed by atoms with Crippen molar-refractivity contribution in [3.63, 3.8) is 0 Å². The summed E-state index contributed by atoms with van der Waals surface area (Å²) in [6, 6.07) is 7.71. The van der Waals surface area contributed by atoms with Crippen molar-refractivity contribution in [2.24, 2.45) is 0 Å². The molecule has 1 unspecified atom stereocenters. The highest BCUT2D eigenvalue weighted by Crippen LogP contribution is 2.32. The first kappa shape index (κ1) is 22.6. The van der Waals surface area contributed by atoms with Crippen LogP contribution in [0.1, 0.15) is 16.8 Å². The summed E-state index contributed by atoms with van der Waals surface area (Å²) >= 11 is 7.03. The third kappa shape index (κ3) is 5.33. The van der Waals surface area contributed by atoms with Gasteiger partial charge in [0.2, 0.25) is 11.8 Å². The Morgan fingerprint density at radius 3 is 2.74 bits per heavy atom. The highest BCUT2D eigenvalue weighted by atomic mass is 35.5. The Morgan fingerprint density at radius 2 is 2.10 bits per heavy atom. The molecule has 0 radical (unpaired) electrons. The number of pyridine rings is 1. The van der Waals surface area contributed by atoms with E-state index < -0.39 is 23.7 Å². The molecule has 2 heterocycles. The third-order valence-electron chi connectivity index (χ3n) is 4.36. The van der Waals surface area contributed by atoms with Crippen molar-refractivity contribution in [3.8, 4) is 5.75 Å². The van der Waals surface area contributed by atoms with Crippen molar-refractivity contribution >= 4 is 52.7 Å². The smallest absolute Gasteiger partial charge is 0.341 e. The summed E-state index contributed by atoms with van der Waals surface area (Å²) in [5, 5.41) is 2.47. The number of nitrogens with one attached hydrogen (secondary N) is 1. The van der Waals surface area contributed by atoms with Gasteiger partial charge in [0.25, 0.3) is 5.91 Å². The fourth-order valence-electron chi connectivity index (χ4n) is 2.74. The summed E-state index contributed by atoms with van der Waals surface area (Å²) in [4.78, 5) is 53.6. The van der Waals surface area contributed by atoms with Crippen molar-refractivity contribution in [3.05, 3.63) is 47.1 Å². The number of methoxy groups -OCH3 is 1. The molecule has 162 valence electrons. The number of esters is 1. The number of thioether (sulfide) groups is 1. The first-order valence-electron chi connectivity index (χ1n) is 9.02. The van der Waals surface area contributed by atoms with Crippen molar-refractivity contribution < 1.29 is 28.7 Å². The van der Waals surface area contributed by atoms with Crippen LogP contribution < -0.4 is 10.1 Å². The lowest BCUT2D eigenvalue weighted by Gasteiger charge is -2.12. The van der Waals surface area contributed by atoms with Gasteiger partial charge in [-0.15, -0.1) is 0 Å². The maximum atomic E-state index is 12.5. The van der Waals surface area contributed by atoms with Gasteiger partial charge in [0, 0.05) is 25.4 Å². The van der Waals surface area contributed by atoms with Crippen molar-refractivity contribution in [2.75, 3.05) is 26.1 Å². The van der Waals surface area contributed by atoms with E-state index in [2.05, 4.69) is 10.3 Å². The molecule has 1 aromatic heterocycles. The minimum absolute atomic E-state index is 0.0257. The summed E-state index contributed by atoms with van der Waals surface area (Å²) in [5.74, 6) is -1.52. The van der Waals surface area contributed by atoms with Crippen LogP contribution in [0.5, 0.6) is 5.75 Å². The molecule has 0 saturated carbocycles. The van der Waals surface area contributed by atoms with Crippen LogP contribution in [0, 0.1) is 0 Å². The number of ether oxygens (including phenoxy) is 2. The van der Waals surface area contributed by atoms with E-state index in [0.717, 1.165) is 16.7 Å². The average Bonchev–Trinajstić information content (AvgIpc) is 2.99.